The zero-order chi connectivity index (χ0) is 25.5. The predicted octanol–water partition coefficient (Wildman–Crippen LogP) is 5.99. The molecule has 0 aliphatic heterocycles. The van der Waals surface area contributed by atoms with Crippen LogP contribution in [0.1, 0.15) is 65.5 Å². The van der Waals surface area contributed by atoms with Gasteiger partial charge in [0.2, 0.25) is 0 Å². The summed E-state index contributed by atoms with van der Waals surface area (Å²) in [5, 5.41) is 7.57. The number of hydrogen-bond acceptors (Lipinski definition) is 5. The summed E-state index contributed by atoms with van der Waals surface area (Å²) >= 11 is 0. The smallest absolute Gasteiger partial charge is 0.411 e. The molecule has 5 N–H and O–H groups in total. The summed E-state index contributed by atoms with van der Waals surface area (Å²) in [4.78, 5) is 12.0. The summed E-state index contributed by atoms with van der Waals surface area (Å²) in [5.41, 5.74) is 10.7. The Bertz CT molecular complexity index is 1180. The van der Waals surface area contributed by atoms with E-state index in [4.69, 9.17) is 21.1 Å². The molecule has 0 saturated heterocycles. The number of amides is 1. The molecular formula is C27H37N5O3. The second kappa shape index (κ2) is 11.6. The third kappa shape index (κ3) is 5.53. The van der Waals surface area contributed by atoms with Crippen molar-refractivity contribution in [3.63, 3.8) is 0 Å². The number of carbonyl (C=O) groups is 1. The van der Waals surface area contributed by atoms with Crippen molar-refractivity contribution < 1.29 is 14.3 Å². The molecule has 1 saturated carbocycles. The summed E-state index contributed by atoms with van der Waals surface area (Å²) < 4.78 is 13.3. The van der Waals surface area contributed by atoms with Crippen molar-refractivity contribution in [2.24, 2.45) is 16.7 Å². The molecule has 2 aromatic carbocycles. The minimum absolute atomic E-state index is 0.190. The molecule has 1 heterocycles. The molecule has 3 aromatic rings. The van der Waals surface area contributed by atoms with Crippen molar-refractivity contribution >= 4 is 28.5 Å². The number of hydrogen-bond donors (Lipinski definition) is 3. The number of rotatable bonds is 7. The quantitative estimate of drug-likeness (QED) is 0.166. The van der Waals surface area contributed by atoms with E-state index in [1.165, 1.54) is 6.42 Å². The number of nitrogens with one attached hydrogen (secondary N) is 1. The summed E-state index contributed by atoms with van der Waals surface area (Å²) in [6.07, 6.45) is 2.70. The molecule has 1 aliphatic rings. The van der Waals surface area contributed by atoms with Gasteiger partial charge in [0.05, 0.1) is 29.5 Å². The van der Waals surface area contributed by atoms with Crippen LogP contribution in [0.2, 0.25) is 0 Å². The maximum absolute atomic E-state index is 12.0. The zero-order valence-corrected chi connectivity index (χ0v) is 21.3. The topological polar surface area (TPSA) is 117 Å². The lowest BCUT2D eigenvalue weighted by molar-refractivity contribution is 0.130. The summed E-state index contributed by atoms with van der Waals surface area (Å²) in [6, 6.07) is 14.0. The number of carbonyl (C=O) groups excluding carboxylic acids is 1. The molecule has 8 heteroatoms. The number of nitrogens with two attached hydrogens (primary N) is 2. The Hall–Kier alpha value is -3.68. The third-order valence-corrected chi connectivity index (χ3v) is 5.87. The van der Waals surface area contributed by atoms with Crippen LogP contribution < -0.4 is 21.6 Å². The van der Waals surface area contributed by atoms with Gasteiger partial charge in [-0.1, -0.05) is 26.0 Å². The van der Waals surface area contributed by atoms with Gasteiger partial charge < -0.3 is 25.6 Å². The van der Waals surface area contributed by atoms with Gasteiger partial charge in [0.25, 0.3) is 0 Å². The van der Waals surface area contributed by atoms with Crippen LogP contribution >= 0.6 is 0 Å². The summed E-state index contributed by atoms with van der Waals surface area (Å²) in [7, 11) is 0. The molecular weight excluding hydrogens is 442 g/mol. The molecule has 0 atom stereocenters. The van der Waals surface area contributed by atoms with Crippen molar-refractivity contribution in [1.82, 2.24) is 4.57 Å². The van der Waals surface area contributed by atoms with E-state index in [0.29, 0.717) is 18.3 Å². The van der Waals surface area contributed by atoms with E-state index in [-0.39, 0.29) is 11.9 Å². The van der Waals surface area contributed by atoms with E-state index in [9.17, 15) is 4.79 Å². The number of amidine groups is 1. The Labute approximate surface area is 207 Å². The van der Waals surface area contributed by atoms with Crippen LogP contribution in [0.3, 0.4) is 0 Å². The number of fused-ring (bicyclic) bond motifs is 1. The Morgan fingerprint density at radius 3 is 2.40 bits per heavy atom. The van der Waals surface area contributed by atoms with Crippen LogP contribution in [0.5, 0.6) is 5.75 Å². The zero-order valence-electron chi connectivity index (χ0n) is 21.3. The van der Waals surface area contributed by atoms with E-state index in [2.05, 4.69) is 21.1 Å². The highest BCUT2D eigenvalue weighted by molar-refractivity contribution is 6.14. The SMILES string of the molecule is CC.CCOc1ccc2c(/C(N)=N/N)c(-c3ccc(NC(=O)OC(C)C)cc3)n(C3CCC3)c2c1. The van der Waals surface area contributed by atoms with Gasteiger partial charge in [-0.15, -0.1) is 0 Å². The summed E-state index contributed by atoms with van der Waals surface area (Å²) in [5.74, 6) is 6.73. The second-order valence-corrected chi connectivity index (χ2v) is 8.46. The van der Waals surface area contributed by atoms with Crippen LogP contribution in [-0.2, 0) is 4.74 Å². The molecule has 0 spiro atoms. The number of benzene rings is 2. The lowest BCUT2D eigenvalue weighted by Crippen LogP contribution is -2.20. The first-order valence-corrected chi connectivity index (χ1v) is 12.4. The van der Waals surface area contributed by atoms with Crippen LogP contribution in [0.4, 0.5) is 10.5 Å². The first kappa shape index (κ1) is 25.9. The highest BCUT2D eigenvalue weighted by Gasteiger charge is 2.29. The molecule has 1 fully saturated rings. The molecule has 1 aromatic heterocycles. The highest BCUT2D eigenvalue weighted by Crippen LogP contribution is 2.43. The van der Waals surface area contributed by atoms with Gasteiger partial charge in [-0.2, -0.15) is 5.10 Å². The number of anilines is 1. The average Bonchev–Trinajstić information content (AvgIpc) is 3.13. The maximum atomic E-state index is 12.0. The Morgan fingerprint density at radius 2 is 1.86 bits per heavy atom. The molecule has 1 aliphatic carbocycles. The van der Waals surface area contributed by atoms with Crippen LogP contribution in [-0.4, -0.2) is 29.2 Å². The standard InChI is InChI=1S/C25H31N5O3.C2H6/c1-4-32-19-12-13-20-21(14-19)30(18-6-5-7-18)23(22(20)24(26)29-27)16-8-10-17(11-9-16)28-25(31)33-15(2)3;1-2/h8-15,18H,4-7,27H2,1-3H3,(H2,26,29)(H,28,31);1-2H3. The molecule has 188 valence electrons. The molecule has 0 unspecified atom stereocenters. The van der Waals surface area contributed by atoms with Crippen molar-refractivity contribution in [2.75, 3.05) is 11.9 Å². The Kier molecular flexibility index (Phi) is 8.63. The van der Waals surface area contributed by atoms with Gasteiger partial charge in [-0.25, -0.2) is 4.79 Å². The average molecular weight is 480 g/mol. The van der Waals surface area contributed by atoms with E-state index >= 15 is 0 Å². The molecule has 0 radical (unpaired) electrons. The van der Waals surface area contributed by atoms with Gasteiger partial charge in [-0.05, 0) is 69.9 Å². The van der Waals surface area contributed by atoms with E-state index < -0.39 is 6.09 Å². The first-order valence-electron chi connectivity index (χ1n) is 12.4. The normalized spacial score (nSPS) is 13.7. The molecule has 1 amide bonds. The minimum atomic E-state index is -0.481. The molecule has 0 bridgehead atoms. The van der Waals surface area contributed by atoms with E-state index in [0.717, 1.165) is 46.3 Å². The fraction of sp³-hybridized carbons (Fsp3) is 0.407. The Morgan fingerprint density at radius 1 is 1.17 bits per heavy atom. The van der Waals surface area contributed by atoms with Crippen molar-refractivity contribution in [2.45, 2.75) is 66.0 Å². The van der Waals surface area contributed by atoms with Crippen LogP contribution in [0, 0.1) is 0 Å². The number of hydrazone groups is 1. The van der Waals surface area contributed by atoms with Gasteiger partial charge in [0.1, 0.15) is 5.75 Å². The fourth-order valence-corrected chi connectivity index (χ4v) is 4.25. The number of nitrogens with zero attached hydrogens (tertiary/aromatic N) is 2. The fourth-order valence-electron chi connectivity index (χ4n) is 4.25. The second-order valence-electron chi connectivity index (χ2n) is 8.46. The van der Waals surface area contributed by atoms with E-state index in [1.807, 2.05) is 71.0 Å². The minimum Gasteiger partial charge on any atom is -0.494 e. The predicted molar refractivity (Wildman–Crippen MR) is 143 cm³/mol. The van der Waals surface area contributed by atoms with Gasteiger partial charge in [-0.3, -0.25) is 5.32 Å². The van der Waals surface area contributed by atoms with Crippen molar-refractivity contribution in [3.8, 4) is 17.0 Å². The summed E-state index contributed by atoms with van der Waals surface area (Å²) in [6.45, 7) is 10.2. The monoisotopic (exact) mass is 479 g/mol. The lowest BCUT2D eigenvalue weighted by atomic mass is 9.92. The maximum Gasteiger partial charge on any atom is 0.411 e. The van der Waals surface area contributed by atoms with E-state index in [1.54, 1.807) is 0 Å². The van der Waals surface area contributed by atoms with Gasteiger partial charge in [0.15, 0.2) is 5.84 Å². The molecule has 4 rings (SSSR count). The third-order valence-electron chi connectivity index (χ3n) is 5.87. The largest absolute Gasteiger partial charge is 0.494 e. The van der Waals surface area contributed by atoms with Crippen LogP contribution in [0.25, 0.3) is 22.2 Å². The van der Waals surface area contributed by atoms with Gasteiger partial charge in [0, 0.05) is 23.2 Å². The molecule has 35 heavy (non-hydrogen) atoms. The molecule has 8 nitrogen and oxygen atoms in total. The van der Waals surface area contributed by atoms with Crippen LogP contribution in [0.15, 0.2) is 47.6 Å². The van der Waals surface area contributed by atoms with Crippen molar-refractivity contribution in [3.05, 3.63) is 48.0 Å². The van der Waals surface area contributed by atoms with Gasteiger partial charge >= 0.3 is 6.09 Å². The van der Waals surface area contributed by atoms with Crippen molar-refractivity contribution in [1.29, 1.82) is 0 Å². The Balaban J connectivity index is 0.00000167. The lowest BCUT2D eigenvalue weighted by Gasteiger charge is -2.30. The number of aromatic nitrogens is 1. The highest BCUT2D eigenvalue weighted by atomic mass is 16.6. The first-order chi connectivity index (χ1) is 16.9. The number of ether oxygens (including phenoxy) is 2.